The van der Waals surface area contributed by atoms with Gasteiger partial charge in [-0.25, -0.2) is 0 Å². The zero-order valence-corrected chi connectivity index (χ0v) is 12.2. The highest BCUT2D eigenvalue weighted by Crippen LogP contribution is 2.28. The third kappa shape index (κ3) is 3.32. The molecule has 2 N–H and O–H groups in total. The van der Waals surface area contributed by atoms with Crippen LogP contribution in [0, 0.1) is 0 Å². The second kappa shape index (κ2) is 6.66. The molecule has 0 aliphatic carbocycles. The van der Waals surface area contributed by atoms with Crippen LogP contribution >= 0.6 is 11.3 Å². The predicted molar refractivity (Wildman–Crippen MR) is 76.9 cm³/mol. The fourth-order valence-corrected chi connectivity index (χ4v) is 3.69. The van der Waals surface area contributed by atoms with Gasteiger partial charge in [0.1, 0.15) is 0 Å². The van der Waals surface area contributed by atoms with E-state index in [0.29, 0.717) is 12.1 Å². The lowest BCUT2D eigenvalue weighted by atomic mass is 10.1. The minimum Gasteiger partial charge on any atom is -0.377 e. The highest BCUT2D eigenvalue weighted by Gasteiger charge is 2.27. The molecule has 1 aliphatic rings. The molecule has 2 heterocycles. The van der Waals surface area contributed by atoms with E-state index >= 15 is 0 Å². The Labute approximate surface area is 114 Å². The van der Waals surface area contributed by atoms with E-state index in [1.807, 2.05) is 0 Å². The van der Waals surface area contributed by atoms with Gasteiger partial charge in [-0.15, -0.1) is 11.3 Å². The molecule has 0 aromatic carbocycles. The Bertz CT molecular complexity index is 334. The molecular formula is C14H24N2OS. The quantitative estimate of drug-likeness (QED) is 0.862. The fraction of sp³-hybridized carbons (Fsp3) is 0.714. The van der Waals surface area contributed by atoms with Gasteiger partial charge in [-0.2, -0.15) is 0 Å². The van der Waals surface area contributed by atoms with Gasteiger partial charge in [-0.05, 0) is 37.8 Å². The summed E-state index contributed by atoms with van der Waals surface area (Å²) in [5.74, 6) is 0. The van der Waals surface area contributed by atoms with E-state index in [0.717, 1.165) is 19.7 Å². The molecule has 1 fully saturated rings. The maximum atomic E-state index is 6.20. The third-order valence-corrected chi connectivity index (χ3v) is 4.54. The van der Waals surface area contributed by atoms with Gasteiger partial charge in [0.05, 0.1) is 12.1 Å². The lowest BCUT2D eigenvalue weighted by Gasteiger charge is -2.34. The number of nitrogens with two attached hydrogens (primary N) is 1. The van der Waals surface area contributed by atoms with Crippen molar-refractivity contribution in [3.8, 4) is 0 Å². The molecule has 3 atom stereocenters. The van der Waals surface area contributed by atoms with Gasteiger partial charge in [0, 0.05) is 24.1 Å². The van der Waals surface area contributed by atoms with Gasteiger partial charge < -0.3 is 10.5 Å². The van der Waals surface area contributed by atoms with Gasteiger partial charge in [0.15, 0.2) is 0 Å². The average molecular weight is 268 g/mol. The van der Waals surface area contributed by atoms with Crippen molar-refractivity contribution in [2.75, 3.05) is 19.7 Å². The zero-order valence-electron chi connectivity index (χ0n) is 11.3. The van der Waals surface area contributed by atoms with Crippen LogP contribution in [0.25, 0.3) is 0 Å². The Morgan fingerprint density at radius 2 is 2.44 bits per heavy atom. The maximum Gasteiger partial charge on any atom is 0.0703 e. The predicted octanol–water partition coefficient (Wildman–Crippen LogP) is 2.64. The molecule has 0 radical (unpaired) electrons. The number of hydrogen-bond donors (Lipinski definition) is 1. The van der Waals surface area contributed by atoms with E-state index in [2.05, 4.69) is 36.3 Å². The minimum atomic E-state index is 0.144. The SMILES string of the molecule is CCN(CC1CCCO1)C(c1cccs1)C(C)N. The maximum absolute atomic E-state index is 6.20. The molecule has 1 aromatic heterocycles. The third-order valence-electron chi connectivity index (χ3n) is 3.59. The van der Waals surface area contributed by atoms with Crippen LogP contribution in [0.4, 0.5) is 0 Å². The van der Waals surface area contributed by atoms with Crippen molar-refractivity contribution in [3.05, 3.63) is 22.4 Å². The van der Waals surface area contributed by atoms with E-state index in [1.54, 1.807) is 11.3 Å². The van der Waals surface area contributed by atoms with Crippen LogP contribution in [0.1, 0.15) is 37.6 Å². The number of hydrogen-bond acceptors (Lipinski definition) is 4. The summed E-state index contributed by atoms with van der Waals surface area (Å²) < 4.78 is 5.75. The van der Waals surface area contributed by atoms with Crippen LogP contribution in [-0.2, 0) is 4.74 Å². The van der Waals surface area contributed by atoms with Crippen molar-refractivity contribution in [3.63, 3.8) is 0 Å². The van der Waals surface area contributed by atoms with Crippen molar-refractivity contribution in [1.29, 1.82) is 0 Å². The van der Waals surface area contributed by atoms with E-state index in [-0.39, 0.29) is 6.04 Å². The molecule has 0 saturated carbocycles. The van der Waals surface area contributed by atoms with E-state index in [9.17, 15) is 0 Å². The number of ether oxygens (including phenoxy) is 1. The van der Waals surface area contributed by atoms with Crippen molar-refractivity contribution in [2.45, 2.75) is 44.9 Å². The largest absolute Gasteiger partial charge is 0.377 e. The Kier molecular flexibility index (Phi) is 5.18. The molecule has 1 saturated heterocycles. The molecule has 1 aliphatic heterocycles. The Morgan fingerprint density at radius 1 is 1.61 bits per heavy atom. The molecule has 0 amide bonds. The Balaban J connectivity index is 2.06. The van der Waals surface area contributed by atoms with Crippen LogP contribution in [0.2, 0.25) is 0 Å². The topological polar surface area (TPSA) is 38.5 Å². The number of thiophene rings is 1. The molecule has 2 rings (SSSR count). The van der Waals surface area contributed by atoms with Gasteiger partial charge in [0.25, 0.3) is 0 Å². The average Bonchev–Trinajstić information content (AvgIpc) is 3.00. The number of likely N-dealkylation sites (N-methyl/N-ethyl adjacent to an activating group) is 1. The Morgan fingerprint density at radius 3 is 2.94 bits per heavy atom. The first-order valence-electron chi connectivity index (χ1n) is 6.87. The number of rotatable bonds is 6. The molecule has 1 aromatic rings. The first-order valence-corrected chi connectivity index (χ1v) is 7.75. The van der Waals surface area contributed by atoms with Crippen LogP contribution in [0.15, 0.2) is 17.5 Å². The lowest BCUT2D eigenvalue weighted by Crippen LogP contribution is -2.42. The second-order valence-corrected chi connectivity index (χ2v) is 6.02. The van der Waals surface area contributed by atoms with Crippen molar-refractivity contribution in [1.82, 2.24) is 4.90 Å². The summed E-state index contributed by atoms with van der Waals surface area (Å²) in [5.41, 5.74) is 6.20. The van der Waals surface area contributed by atoms with Gasteiger partial charge in [-0.3, -0.25) is 4.90 Å². The lowest BCUT2D eigenvalue weighted by molar-refractivity contribution is 0.0553. The summed E-state index contributed by atoms with van der Waals surface area (Å²) >= 11 is 1.80. The number of nitrogens with zero attached hydrogens (tertiary/aromatic N) is 1. The molecule has 4 heteroatoms. The van der Waals surface area contributed by atoms with Gasteiger partial charge >= 0.3 is 0 Å². The summed E-state index contributed by atoms with van der Waals surface area (Å²) in [6.45, 7) is 7.25. The zero-order chi connectivity index (χ0) is 13.0. The summed E-state index contributed by atoms with van der Waals surface area (Å²) in [6, 6.07) is 4.76. The van der Waals surface area contributed by atoms with Crippen LogP contribution in [0.3, 0.4) is 0 Å². The molecule has 3 unspecified atom stereocenters. The molecule has 18 heavy (non-hydrogen) atoms. The first kappa shape index (κ1) is 14.0. The summed E-state index contributed by atoms with van der Waals surface area (Å²) in [5, 5.41) is 2.13. The van der Waals surface area contributed by atoms with E-state index < -0.39 is 0 Å². The molecule has 3 nitrogen and oxygen atoms in total. The molecular weight excluding hydrogens is 244 g/mol. The van der Waals surface area contributed by atoms with Crippen molar-refractivity contribution in [2.24, 2.45) is 5.73 Å². The highest BCUT2D eigenvalue weighted by atomic mass is 32.1. The minimum absolute atomic E-state index is 0.144. The van der Waals surface area contributed by atoms with Crippen LogP contribution in [0.5, 0.6) is 0 Å². The van der Waals surface area contributed by atoms with E-state index in [1.165, 1.54) is 17.7 Å². The molecule has 0 bridgehead atoms. The monoisotopic (exact) mass is 268 g/mol. The second-order valence-electron chi connectivity index (χ2n) is 5.04. The smallest absolute Gasteiger partial charge is 0.0703 e. The van der Waals surface area contributed by atoms with Crippen LogP contribution < -0.4 is 5.73 Å². The fourth-order valence-electron chi connectivity index (χ4n) is 2.72. The standard InChI is InChI=1S/C14H24N2OS/c1-3-16(10-12-6-4-8-17-12)14(11(2)15)13-7-5-9-18-13/h5,7,9,11-12,14H,3-4,6,8,10,15H2,1-2H3. The highest BCUT2D eigenvalue weighted by molar-refractivity contribution is 7.10. The normalized spacial score (nSPS) is 23.4. The summed E-state index contributed by atoms with van der Waals surface area (Å²) in [4.78, 5) is 3.83. The van der Waals surface area contributed by atoms with Crippen molar-refractivity contribution >= 4 is 11.3 Å². The summed E-state index contributed by atoms with van der Waals surface area (Å²) in [7, 11) is 0. The van der Waals surface area contributed by atoms with Crippen molar-refractivity contribution < 1.29 is 4.74 Å². The molecule has 0 spiro atoms. The Hall–Kier alpha value is -0.420. The molecule has 102 valence electrons. The van der Waals surface area contributed by atoms with Gasteiger partial charge in [0.2, 0.25) is 0 Å². The van der Waals surface area contributed by atoms with E-state index in [4.69, 9.17) is 10.5 Å². The van der Waals surface area contributed by atoms with Crippen LogP contribution in [-0.4, -0.2) is 36.7 Å². The van der Waals surface area contributed by atoms with Gasteiger partial charge in [-0.1, -0.05) is 13.0 Å². The first-order chi connectivity index (χ1) is 8.72. The summed E-state index contributed by atoms with van der Waals surface area (Å²) in [6.07, 6.45) is 2.78.